The molecule has 0 aliphatic rings. The number of hydrogen-bond acceptors (Lipinski definition) is 2. The summed E-state index contributed by atoms with van der Waals surface area (Å²) in [6.45, 7) is 2.21. The zero-order valence-corrected chi connectivity index (χ0v) is 17.7. The summed E-state index contributed by atoms with van der Waals surface area (Å²) in [5.41, 5.74) is 5.60. The molecular formula is C26H24ClNO2. The fraction of sp³-hybridized carbons (Fsp3) is 0.192. The molecule has 1 N–H and O–H groups in total. The zero-order chi connectivity index (χ0) is 20.9. The summed E-state index contributed by atoms with van der Waals surface area (Å²) in [6, 6.07) is 26.4. The Labute approximate surface area is 181 Å². The molecule has 0 spiro atoms. The molecule has 0 aliphatic carbocycles. The Bertz CT molecular complexity index is 1130. The Morgan fingerprint density at radius 1 is 0.967 bits per heavy atom. The molecular weight excluding hydrogens is 394 g/mol. The monoisotopic (exact) mass is 417 g/mol. The largest absolute Gasteiger partial charge is 0.466 e. The third-order valence-electron chi connectivity index (χ3n) is 5.35. The predicted octanol–water partition coefficient (Wildman–Crippen LogP) is 6.50. The molecule has 4 rings (SSSR count). The van der Waals surface area contributed by atoms with E-state index in [4.69, 9.17) is 16.3 Å². The molecule has 3 nitrogen and oxygen atoms in total. The Hall–Kier alpha value is -3.04. The number of nitrogens with one attached hydrogen (secondary N) is 1. The molecule has 0 amide bonds. The highest BCUT2D eigenvalue weighted by atomic mass is 35.5. The van der Waals surface area contributed by atoms with E-state index in [-0.39, 0.29) is 18.3 Å². The lowest BCUT2D eigenvalue weighted by molar-refractivity contribution is -0.143. The minimum absolute atomic E-state index is 0.129. The molecule has 4 aromatic rings. The second-order valence-corrected chi connectivity index (χ2v) is 7.77. The van der Waals surface area contributed by atoms with Crippen molar-refractivity contribution in [2.24, 2.45) is 0 Å². The van der Waals surface area contributed by atoms with Gasteiger partial charge in [-0.3, -0.25) is 4.79 Å². The van der Waals surface area contributed by atoms with Crippen molar-refractivity contribution in [2.45, 2.75) is 25.7 Å². The second-order valence-electron chi connectivity index (χ2n) is 7.34. The van der Waals surface area contributed by atoms with Gasteiger partial charge in [0.1, 0.15) is 0 Å². The summed E-state index contributed by atoms with van der Waals surface area (Å²) in [4.78, 5) is 16.1. The van der Waals surface area contributed by atoms with E-state index < -0.39 is 0 Å². The summed E-state index contributed by atoms with van der Waals surface area (Å²) in [5, 5.41) is 1.81. The van der Waals surface area contributed by atoms with Crippen LogP contribution >= 0.6 is 11.6 Å². The average Bonchev–Trinajstić information content (AvgIpc) is 3.11. The molecule has 0 saturated carbocycles. The molecule has 1 aromatic heterocycles. The number of para-hydroxylation sites is 1. The summed E-state index contributed by atoms with van der Waals surface area (Å²) in [7, 11) is 0. The van der Waals surface area contributed by atoms with Crippen molar-refractivity contribution in [1.82, 2.24) is 4.98 Å². The van der Waals surface area contributed by atoms with Crippen LogP contribution in [0, 0.1) is 0 Å². The lowest BCUT2D eigenvalue weighted by Gasteiger charge is -2.19. The van der Waals surface area contributed by atoms with Gasteiger partial charge >= 0.3 is 5.97 Å². The molecule has 0 radical (unpaired) electrons. The van der Waals surface area contributed by atoms with Gasteiger partial charge in [0.2, 0.25) is 0 Å². The fourth-order valence-corrected chi connectivity index (χ4v) is 4.15. The van der Waals surface area contributed by atoms with E-state index in [1.54, 1.807) is 0 Å². The van der Waals surface area contributed by atoms with Gasteiger partial charge in [0.05, 0.1) is 13.0 Å². The Morgan fingerprint density at radius 3 is 2.40 bits per heavy atom. The number of ether oxygens (including phenoxy) is 1. The van der Waals surface area contributed by atoms with Gasteiger partial charge in [0, 0.05) is 34.0 Å². The van der Waals surface area contributed by atoms with Crippen LogP contribution < -0.4 is 0 Å². The number of benzene rings is 3. The lowest BCUT2D eigenvalue weighted by Crippen LogP contribution is -2.13. The summed E-state index contributed by atoms with van der Waals surface area (Å²) in [5.74, 6) is -0.329. The van der Waals surface area contributed by atoms with E-state index in [2.05, 4.69) is 29.2 Å². The quantitative estimate of drug-likeness (QED) is 0.349. The number of carbonyl (C=O) groups excluding carboxylic acids is 1. The van der Waals surface area contributed by atoms with Gasteiger partial charge in [-0.25, -0.2) is 0 Å². The first-order valence-electron chi connectivity index (χ1n) is 10.2. The number of carbonyl (C=O) groups is 1. The van der Waals surface area contributed by atoms with Crippen LogP contribution in [0.25, 0.3) is 10.9 Å². The highest BCUT2D eigenvalue weighted by Gasteiger charge is 2.25. The molecule has 1 heterocycles. The highest BCUT2D eigenvalue weighted by Crippen LogP contribution is 2.37. The highest BCUT2D eigenvalue weighted by molar-refractivity contribution is 6.30. The van der Waals surface area contributed by atoms with Gasteiger partial charge < -0.3 is 9.72 Å². The first-order valence-corrected chi connectivity index (χ1v) is 10.6. The predicted molar refractivity (Wildman–Crippen MR) is 122 cm³/mol. The number of halogens is 1. The Kier molecular flexibility index (Phi) is 6.20. The molecule has 0 fully saturated rings. The van der Waals surface area contributed by atoms with Crippen molar-refractivity contribution in [2.75, 3.05) is 6.61 Å². The van der Waals surface area contributed by atoms with Crippen LogP contribution in [-0.2, 0) is 16.0 Å². The molecule has 0 aliphatic heterocycles. The molecule has 30 heavy (non-hydrogen) atoms. The standard InChI is InChI=1S/C26H24ClNO2/c1-2-30-25(29)17-22(19-12-14-20(27)15-13-19)26-21-10-6-7-11-23(21)28-24(26)16-18-8-4-3-5-9-18/h3-15,22,28H,2,16-17H2,1H3. The van der Waals surface area contributed by atoms with Crippen molar-refractivity contribution >= 4 is 28.5 Å². The smallest absolute Gasteiger partial charge is 0.306 e. The van der Waals surface area contributed by atoms with Gasteiger partial charge in [-0.1, -0.05) is 72.3 Å². The molecule has 4 heteroatoms. The van der Waals surface area contributed by atoms with E-state index in [0.717, 1.165) is 34.1 Å². The van der Waals surface area contributed by atoms with Crippen molar-refractivity contribution in [3.63, 3.8) is 0 Å². The van der Waals surface area contributed by atoms with Crippen molar-refractivity contribution in [3.05, 3.63) is 106 Å². The number of aromatic nitrogens is 1. The number of rotatable bonds is 7. The maximum atomic E-state index is 12.5. The van der Waals surface area contributed by atoms with Crippen LogP contribution in [0.3, 0.4) is 0 Å². The zero-order valence-electron chi connectivity index (χ0n) is 16.9. The van der Waals surface area contributed by atoms with Crippen LogP contribution in [0.1, 0.15) is 41.6 Å². The lowest BCUT2D eigenvalue weighted by atomic mass is 9.85. The maximum absolute atomic E-state index is 12.5. The normalized spacial score (nSPS) is 12.1. The number of esters is 1. The van der Waals surface area contributed by atoms with Gasteiger partial charge in [0.25, 0.3) is 0 Å². The first-order chi connectivity index (χ1) is 14.7. The Balaban J connectivity index is 1.85. The minimum atomic E-state index is -0.201. The van der Waals surface area contributed by atoms with Crippen molar-refractivity contribution < 1.29 is 9.53 Å². The topological polar surface area (TPSA) is 42.1 Å². The van der Waals surface area contributed by atoms with Gasteiger partial charge in [-0.05, 0) is 41.8 Å². The van der Waals surface area contributed by atoms with Crippen LogP contribution in [0.4, 0.5) is 0 Å². The minimum Gasteiger partial charge on any atom is -0.466 e. The Morgan fingerprint density at radius 2 is 1.67 bits per heavy atom. The number of fused-ring (bicyclic) bond motifs is 1. The fourth-order valence-electron chi connectivity index (χ4n) is 4.03. The third-order valence-corrected chi connectivity index (χ3v) is 5.60. The summed E-state index contributed by atoms with van der Waals surface area (Å²) < 4.78 is 5.31. The van der Waals surface area contributed by atoms with Crippen LogP contribution in [0.2, 0.25) is 5.02 Å². The van der Waals surface area contributed by atoms with Gasteiger partial charge in [-0.2, -0.15) is 0 Å². The van der Waals surface area contributed by atoms with E-state index in [0.29, 0.717) is 11.6 Å². The molecule has 1 atom stereocenters. The molecule has 3 aromatic carbocycles. The second kappa shape index (κ2) is 9.19. The van der Waals surface area contributed by atoms with Gasteiger partial charge in [-0.15, -0.1) is 0 Å². The van der Waals surface area contributed by atoms with Crippen LogP contribution in [0.5, 0.6) is 0 Å². The third kappa shape index (κ3) is 4.42. The first kappa shape index (κ1) is 20.2. The number of aromatic amines is 1. The van der Waals surface area contributed by atoms with E-state index in [9.17, 15) is 4.79 Å². The van der Waals surface area contributed by atoms with E-state index >= 15 is 0 Å². The molecule has 152 valence electrons. The number of H-pyrrole nitrogens is 1. The number of hydrogen-bond donors (Lipinski definition) is 1. The summed E-state index contributed by atoms with van der Waals surface area (Å²) in [6.07, 6.45) is 1.04. The van der Waals surface area contributed by atoms with Crippen LogP contribution in [-0.4, -0.2) is 17.6 Å². The van der Waals surface area contributed by atoms with E-state index in [1.165, 1.54) is 5.56 Å². The summed E-state index contributed by atoms with van der Waals surface area (Å²) >= 11 is 6.13. The molecule has 1 unspecified atom stereocenters. The van der Waals surface area contributed by atoms with Gasteiger partial charge in [0.15, 0.2) is 0 Å². The van der Waals surface area contributed by atoms with Crippen molar-refractivity contribution in [1.29, 1.82) is 0 Å². The molecule has 0 saturated heterocycles. The van der Waals surface area contributed by atoms with E-state index in [1.807, 2.05) is 61.5 Å². The molecule has 0 bridgehead atoms. The maximum Gasteiger partial charge on any atom is 0.306 e. The SMILES string of the molecule is CCOC(=O)CC(c1ccc(Cl)cc1)c1c(Cc2ccccc2)[nH]c2ccccc12. The van der Waals surface area contributed by atoms with Crippen LogP contribution in [0.15, 0.2) is 78.9 Å². The van der Waals surface area contributed by atoms with Crippen molar-refractivity contribution in [3.8, 4) is 0 Å². The average molecular weight is 418 g/mol.